The van der Waals surface area contributed by atoms with Crippen LogP contribution in [0.4, 0.5) is 5.82 Å². The Bertz CT molecular complexity index is 1010. The smallest absolute Gasteiger partial charge is 0.251 e. The number of hydrogen-bond donors (Lipinski definition) is 2. The molecule has 160 valence electrons. The summed E-state index contributed by atoms with van der Waals surface area (Å²) in [4.78, 5) is 21.3. The van der Waals surface area contributed by atoms with Gasteiger partial charge in [-0.25, -0.2) is 9.97 Å². The zero-order valence-electron chi connectivity index (χ0n) is 17.8. The van der Waals surface area contributed by atoms with E-state index in [1.807, 2.05) is 54.6 Å². The molecule has 1 fully saturated rings. The van der Waals surface area contributed by atoms with Gasteiger partial charge in [-0.05, 0) is 42.7 Å². The standard InChI is InChI=1S/C25H28N4O2/c1-31-22-9-5-6-18(14-22)16-26-25(30)20-12-10-19(11-13-20)23-15-24(28-17-27-23)29-21-7-3-2-4-8-21/h5-6,9-15,17,21H,2-4,7-8,16H2,1H3,(H,26,30)(H,27,28,29). The molecule has 0 radical (unpaired) electrons. The number of methoxy groups -OCH3 is 1. The molecule has 1 aliphatic rings. The van der Waals surface area contributed by atoms with E-state index in [1.165, 1.54) is 32.1 Å². The third-order valence-corrected chi connectivity index (χ3v) is 5.65. The molecule has 2 N–H and O–H groups in total. The highest BCUT2D eigenvalue weighted by atomic mass is 16.5. The van der Waals surface area contributed by atoms with Crippen LogP contribution >= 0.6 is 0 Å². The van der Waals surface area contributed by atoms with Crippen LogP contribution < -0.4 is 15.4 Å². The second kappa shape index (κ2) is 10.1. The first-order valence-corrected chi connectivity index (χ1v) is 10.8. The monoisotopic (exact) mass is 416 g/mol. The first-order valence-electron chi connectivity index (χ1n) is 10.8. The van der Waals surface area contributed by atoms with Crippen molar-refractivity contribution in [3.05, 3.63) is 72.1 Å². The van der Waals surface area contributed by atoms with Crippen molar-refractivity contribution in [3.63, 3.8) is 0 Å². The maximum Gasteiger partial charge on any atom is 0.251 e. The second-order valence-electron chi connectivity index (χ2n) is 7.88. The zero-order chi connectivity index (χ0) is 21.5. The van der Waals surface area contributed by atoms with Crippen molar-refractivity contribution in [1.29, 1.82) is 0 Å². The molecule has 31 heavy (non-hydrogen) atoms. The molecular weight excluding hydrogens is 388 g/mol. The molecule has 4 rings (SSSR count). The highest BCUT2D eigenvalue weighted by Crippen LogP contribution is 2.23. The predicted octanol–water partition coefficient (Wildman–Crippen LogP) is 4.83. The summed E-state index contributed by atoms with van der Waals surface area (Å²) in [6, 6.07) is 17.6. The molecule has 0 bridgehead atoms. The summed E-state index contributed by atoms with van der Waals surface area (Å²) in [5.41, 5.74) is 3.40. The van der Waals surface area contributed by atoms with Crippen molar-refractivity contribution < 1.29 is 9.53 Å². The second-order valence-corrected chi connectivity index (χ2v) is 7.88. The van der Waals surface area contributed by atoms with Gasteiger partial charge in [-0.15, -0.1) is 0 Å². The highest BCUT2D eigenvalue weighted by molar-refractivity contribution is 5.94. The Morgan fingerprint density at radius 2 is 1.84 bits per heavy atom. The fraction of sp³-hybridized carbons (Fsp3) is 0.320. The summed E-state index contributed by atoms with van der Waals surface area (Å²) < 4.78 is 5.22. The van der Waals surface area contributed by atoms with Gasteiger partial charge in [0.25, 0.3) is 5.91 Å². The zero-order valence-corrected chi connectivity index (χ0v) is 17.8. The third-order valence-electron chi connectivity index (χ3n) is 5.65. The lowest BCUT2D eigenvalue weighted by molar-refractivity contribution is 0.0951. The number of nitrogens with one attached hydrogen (secondary N) is 2. The lowest BCUT2D eigenvalue weighted by Crippen LogP contribution is -2.23. The first kappa shape index (κ1) is 20.8. The van der Waals surface area contributed by atoms with E-state index >= 15 is 0 Å². The molecule has 1 aliphatic carbocycles. The number of hydrogen-bond acceptors (Lipinski definition) is 5. The predicted molar refractivity (Wildman–Crippen MR) is 122 cm³/mol. The Morgan fingerprint density at radius 1 is 1.03 bits per heavy atom. The van der Waals surface area contributed by atoms with Gasteiger partial charge in [0.05, 0.1) is 12.8 Å². The topological polar surface area (TPSA) is 76.1 Å². The highest BCUT2D eigenvalue weighted by Gasteiger charge is 2.14. The summed E-state index contributed by atoms with van der Waals surface area (Å²) in [6.45, 7) is 0.444. The lowest BCUT2D eigenvalue weighted by Gasteiger charge is -2.23. The fourth-order valence-corrected chi connectivity index (χ4v) is 3.91. The van der Waals surface area contributed by atoms with Crippen LogP contribution in [0.1, 0.15) is 48.0 Å². The summed E-state index contributed by atoms with van der Waals surface area (Å²) in [6.07, 6.45) is 7.85. The van der Waals surface area contributed by atoms with Crippen molar-refractivity contribution in [2.24, 2.45) is 0 Å². The number of carbonyl (C=O) groups is 1. The Morgan fingerprint density at radius 3 is 2.61 bits per heavy atom. The number of carbonyl (C=O) groups excluding carboxylic acids is 1. The van der Waals surface area contributed by atoms with Crippen molar-refractivity contribution in [2.75, 3.05) is 12.4 Å². The fourth-order valence-electron chi connectivity index (χ4n) is 3.91. The molecule has 0 aliphatic heterocycles. The number of anilines is 1. The van der Waals surface area contributed by atoms with E-state index in [1.54, 1.807) is 13.4 Å². The van der Waals surface area contributed by atoms with E-state index in [2.05, 4.69) is 20.6 Å². The number of rotatable bonds is 7. The van der Waals surface area contributed by atoms with Gasteiger partial charge in [0.2, 0.25) is 0 Å². The molecule has 3 aromatic rings. The summed E-state index contributed by atoms with van der Waals surface area (Å²) in [7, 11) is 1.63. The lowest BCUT2D eigenvalue weighted by atomic mass is 9.95. The first-order chi connectivity index (χ1) is 15.2. The van der Waals surface area contributed by atoms with Gasteiger partial charge in [-0.1, -0.05) is 43.5 Å². The molecule has 6 nitrogen and oxygen atoms in total. The van der Waals surface area contributed by atoms with Crippen LogP contribution in [0.15, 0.2) is 60.9 Å². The van der Waals surface area contributed by atoms with E-state index < -0.39 is 0 Å². The maximum absolute atomic E-state index is 12.5. The van der Waals surface area contributed by atoms with Crippen molar-refractivity contribution in [3.8, 4) is 17.0 Å². The summed E-state index contributed by atoms with van der Waals surface area (Å²) in [5.74, 6) is 1.52. The third kappa shape index (κ3) is 5.60. The quantitative estimate of drug-likeness (QED) is 0.577. The van der Waals surface area contributed by atoms with Gasteiger partial charge in [-0.2, -0.15) is 0 Å². The number of ether oxygens (including phenoxy) is 1. The molecule has 1 amide bonds. The number of aromatic nitrogens is 2. The van der Waals surface area contributed by atoms with Gasteiger partial charge in [0.15, 0.2) is 0 Å². The van der Waals surface area contributed by atoms with Crippen LogP contribution in [0, 0.1) is 0 Å². The van der Waals surface area contributed by atoms with E-state index in [-0.39, 0.29) is 5.91 Å². The minimum atomic E-state index is -0.114. The van der Waals surface area contributed by atoms with E-state index in [9.17, 15) is 4.79 Å². The number of benzene rings is 2. The minimum Gasteiger partial charge on any atom is -0.497 e. The molecule has 0 spiro atoms. The van der Waals surface area contributed by atoms with E-state index in [0.717, 1.165) is 28.4 Å². The molecule has 0 unspecified atom stereocenters. The molecule has 2 aromatic carbocycles. The van der Waals surface area contributed by atoms with E-state index in [0.29, 0.717) is 18.2 Å². The normalized spacial score (nSPS) is 14.1. The largest absolute Gasteiger partial charge is 0.497 e. The van der Waals surface area contributed by atoms with Crippen LogP contribution in [0.25, 0.3) is 11.3 Å². The maximum atomic E-state index is 12.5. The molecule has 1 heterocycles. The summed E-state index contributed by atoms with van der Waals surface area (Å²) in [5, 5.41) is 6.49. The molecule has 0 saturated heterocycles. The van der Waals surface area contributed by atoms with Crippen LogP contribution in [-0.2, 0) is 6.54 Å². The van der Waals surface area contributed by atoms with Crippen LogP contribution in [-0.4, -0.2) is 29.0 Å². The van der Waals surface area contributed by atoms with Gasteiger partial charge >= 0.3 is 0 Å². The van der Waals surface area contributed by atoms with Gasteiger partial charge in [0.1, 0.15) is 17.9 Å². The van der Waals surface area contributed by atoms with Gasteiger partial charge in [-0.3, -0.25) is 4.79 Å². The average molecular weight is 417 g/mol. The van der Waals surface area contributed by atoms with E-state index in [4.69, 9.17) is 4.74 Å². The number of nitrogens with zero attached hydrogens (tertiary/aromatic N) is 2. The molecule has 1 aromatic heterocycles. The van der Waals surface area contributed by atoms with Crippen LogP contribution in [0.5, 0.6) is 5.75 Å². The van der Waals surface area contributed by atoms with Gasteiger partial charge < -0.3 is 15.4 Å². The van der Waals surface area contributed by atoms with Crippen molar-refractivity contribution in [2.45, 2.75) is 44.7 Å². The summed E-state index contributed by atoms with van der Waals surface area (Å²) >= 11 is 0. The SMILES string of the molecule is COc1cccc(CNC(=O)c2ccc(-c3cc(NC4CCCCC4)ncn3)cc2)c1. The van der Waals surface area contributed by atoms with Gasteiger partial charge in [0, 0.05) is 29.8 Å². The Balaban J connectivity index is 1.38. The molecule has 1 saturated carbocycles. The Kier molecular flexibility index (Phi) is 6.77. The molecule has 0 atom stereocenters. The average Bonchev–Trinajstić information content (AvgIpc) is 2.83. The van der Waals surface area contributed by atoms with Crippen LogP contribution in [0.3, 0.4) is 0 Å². The molecule has 6 heteroatoms. The van der Waals surface area contributed by atoms with Crippen LogP contribution in [0.2, 0.25) is 0 Å². The number of amides is 1. The Hall–Kier alpha value is -3.41. The Labute approximate surface area is 183 Å². The minimum absolute atomic E-state index is 0.114. The van der Waals surface area contributed by atoms with Crippen molar-refractivity contribution >= 4 is 11.7 Å². The van der Waals surface area contributed by atoms with Crippen molar-refractivity contribution in [1.82, 2.24) is 15.3 Å². The molecular formula is C25H28N4O2.